The maximum Gasteiger partial charge on any atom is 0.429 e. The summed E-state index contributed by atoms with van der Waals surface area (Å²) in [5.74, 6) is 0. The van der Waals surface area contributed by atoms with Gasteiger partial charge in [-0.2, -0.15) is 5.26 Å². The molecule has 2 amide bonds. The summed E-state index contributed by atoms with van der Waals surface area (Å²) in [7, 11) is 0. The summed E-state index contributed by atoms with van der Waals surface area (Å²) < 4.78 is 10.6. The summed E-state index contributed by atoms with van der Waals surface area (Å²) in [4.78, 5) is 23.5. The van der Waals surface area contributed by atoms with Crippen LogP contribution >= 0.6 is 0 Å². The van der Waals surface area contributed by atoms with Gasteiger partial charge in [-0.1, -0.05) is 6.07 Å². The van der Waals surface area contributed by atoms with Crippen molar-refractivity contribution in [2.24, 2.45) is 0 Å². The number of carbonyl (C=O) groups excluding carboxylic acids is 2. The van der Waals surface area contributed by atoms with E-state index in [1.807, 2.05) is 58.7 Å². The second-order valence-electron chi connectivity index (χ2n) is 9.64. The minimum atomic E-state index is -0.514. The van der Waals surface area contributed by atoms with Crippen LogP contribution in [0.4, 0.5) is 15.3 Å². The number of nitrogens with one attached hydrogen (secondary N) is 1. The maximum atomic E-state index is 12.2. The normalized spacial score (nSPS) is 16.2. The van der Waals surface area contributed by atoms with E-state index in [4.69, 9.17) is 14.7 Å². The van der Waals surface area contributed by atoms with Gasteiger partial charge in [-0.3, -0.25) is 5.01 Å². The van der Waals surface area contributed by atoms with Crippen LogP contribution in [0, 0.1) is 11.3 Å². The van der Waals surface area contributed by atoms with Gasteiger partial charge in [0.15, 0.2) is 0 Å². The van der Waals surface area contributed by atoms with E-state index in [0.29, 0.717) is 12.1 Å². The lowest BCUT2D eigenvalue weighted by atomic mass is 10.2. The maximum absolute atomic E-state index is 12.2. The fourth-order valence-electron chi connectivity index (χ4n) is 3.12. The van der Waals surface area contributed by atoms with Crippen LogP contribution in [0.5, 0.6) is 0 Å². The lowest BCUT2D eigenvalue weighted by Crippen LogP contribution is -2.44. The van der Waals surface area contributed by atoms with Crippen LogP contribution < -0.4 is 10.4 Å². The van der Waals surface area contributed by atoms with Crippen LogP contribution in [-0.2, 0) is 9.47 Å². The molecule has 3 rings (SSSR count). The molecular weight excluding hydrogens is 410 g/mol. The molecule has 1 aromatic rings. The molecule has 0 radical (unpaired) electrons. The van der Waals surface area contributed by atoms with Crippen LogP contribution in [0.2, 0.25) is 0 Å². The zero-order chi connectivity index (χ0) is 23.9. The van der Waals surface area contributed by atoms with Crippen molar-refractivity contribution in [2.45, 2.75) is 65.6 Å². The van der Waals surface area contributed by atoms with Crippen LogP contribution in [-0.4, -0.2) is 59.6 Å². The number of hydrogen-bond donors (Lipinski definition) is 1. The summed E-state index contributed by atoms with van der Waals surface area (Å²) in [6.45, 7) is 14.1. The summed E-state index contributed by atoms with van der Waals surface area (Å²) in [6.07, 6.45) is 1.26. The second-order valence-corrected chi connectivity index (χ2v) is 9.64. The summed E-state index contributed by atoms with van der Waals surface area (Å²) in [5, 5.41) is 13.9. The van der Waals surface area contributed by atoms with Gasteiger partial charge in [0.05, 0.1) is 17.3 Å². The van der Waals surface area contributed by atoms with E-state index in [1.165, 1.54) is 5.01 Å². The smallest absolute Gasteiger partial charge is 0.429 e. The molecule has 2 fully saturated rings. The van der Waals surface area contributed by atoms with Crippen molar-refractivity contribution in [3.05, 3.63) is 29.8 Å². The third kappa shape index (κ3) is 7.93. The molecule has 2 heterocycles. The predicted molar refractivity (Wildman–Crippen MR) is 122 cm³/mol. The van der Waals surface area contributed by atoms with E-state index in [9.17, 15) is 9.59 Å². The minimum absolute atomic E-state index is 0.278. The molecule has 1 aromatic carbocycles. The number of carbonyl (C=O) groups is 2. The number of nitrogens with zero attached hydrogens (tertiary/aromatic N) is 4. The zero-order valence-corrected chi connectivity index (χ0v) is 20.0. The molecule has 2 aliphatic heterocycles. The molecule has 0 atom stereocenters. The topological polar surface area (TPSA) is 98.1 Å². The number of ether oxygens (including phenoxy) is 2. The van der Waals surface area contributed by atoms with Crippen molar-refractivity contribution in [3.8, 4) is 6.07 Å². The van der Waals surface area contributed by atoms with Gasteiger partial charge in [0.2, 0.25) is 0 Å². The van der Waals surface area contributed by atoms with Crippen molar-refractivity contribution >= 4 is 17.9 Å². The standard InChI is InChI=1S/C15H19N3O2.C8H16N2O2/c1-15(2,3)20-14(19)18-9-5-8-17(18)13-7-4-6-12(10-13)11-16;1-8(2,3)12-7(11)10-6-4-5-9-10/h4,6-7,10H,5,8-9H2,1-3H3;9H,4-6H2,1-3H3. The van der Waals surface area contributed by atoms with Gasteiger partial charge in [0.1, 0.15) is 11.2 Å². The number of rotatable bonds is 1. The Labute approximate surface area is 190 Å². The van der Waals surface area contributed by atoms with Crippen molar-refractivity contribution in [1.29, 1.82) is 5.26 Å². The Morgan fingerprint density at radius 2 is 1.62 bits per heavy atom. The Bertz CT molecular complexity index is 832. The molecule has 0 saturated carbocycles. The van der Waals surface area contributed by atoms with E-state index < -0.39 is 11.2 Å². The molecule has 2 aliphatic rings. The molecule has 32 heavy (non-hydrogen) atoms. The number of anilines is 1. The fraction of sp³-hybridized carbons (Fsp3) is 0.609. The third-order valence-electron chi connectivity index (χ3n) is 4.38. The monoisotopic (exact) mass is 445 g/mol. The number of hydrogen-bond acceptors (Lipinski definition) is 7. The first-order valence-corrected chi connectivity index (χ1v) is 10.9. The summed E-state index contributed by atoms with van der Waals surface area (Å²) in [5.41, 5.74) is 3.44. The van der Waals surface area contributed by atoms with Crippen molar-refractivity contribution in [3.63, 3.8) is 0 Å². The molecule has 0 spiro atoms. The molecule has 0 unspecified atom stereocenters. The first-order valence-electron chi connectivity index (χ1n) is 10.9. The van der Waals surface area contributed by atoms with Crippen molar-refractivity contribution in [2.75, 3.05) is 31.2 Å². The third-order valence-corrected chi connectivity index (χ3v) is 4.38. The Morgan fingerprint density at radius 3 is 2.19 bits per heavy atom. The largest absolute Gasteiger partial charge is 0.443 e. The van der Waals surface area contributed by atoms with Crippen LogP contribution in [0.1, 0.15) is 59.9 Å². The first kappa shape index (κ1) is 25.3. The van der Waals surface area contributed by atoms with E-state index in [-0.39, 0.29) is 12.2 Å². The van der Waals surface area contributed by atoms with Gasteiger partial charge < -0.3 is 9.47 Å². The van der Waals surface area contributed by atoms with Crippen LogP contribution in [0.3, 0.4) is 0 Å². The number of nitriles is 1. The van der Waals surface area contributed by atoms with Gasteiger partial charge in [-0.25, -0.2) is 25.0 Å². The van der Waals surface area contributed by atoms with E-state index in [0.717, 1.165) is 38.2 Å². The molecule has 9 heteroatoms. The quantitative estimate of drug-likeness (QED) is 0.696. The summed E-state index contributed by atoms with van der Waals surface area (Å²) in [6, 6.07) is 9.35. The predicted octanol–water partition coefficient (Wildman–Crippen LogP) is 4.05. The van der Waals surface area contributed by atoms with E-state index >= 15 is 0 Å². The van der Waals surface area contributed by atoms with Gasteiger partial charge in [0.25, 0.3) is 0 Å². The number of amides is 2. The minimum Gasteiger partial charge on any atom is -0.443 e. The molecule has 2 saturated heterocycles. The Hall–Kier alpha value is -2.99. The highest BCUT2D eigenvalue weighted by molar-refractivity contribution is 5.72. The van der Waals surface area contributed by atoms with Crippen LogP contribution in [0.15, 0.2) is 24.3 Å². The lowest BCUT2D eigenvalue weighted by molar-refractivity contribution is 0.0210. The van der Waals surface area contributed by atoms with Gasteiger partial charge in [-0.05, 0) is 72.6 Å². The van der Waals surface area contributed by atoms with E-state index in [2.05, 4.69) is 11.5 Å². The van der Waals surface area contributed by atoms with Crippen molar-refractivity contribution in [1.82, 2.24) is 15.4 Å². The van der Waals surface area contributed by atoms with E-state index in [1.54, 1.807) is 17.1 Å². The molecule has 176 valence electrons. The molecular formula is C23H35N5O4. The first-order chi connectivity index (χ1) is 14.9. The van der Waals surface area contributed by atoms with Gasteiger partial charge in [-0.15, -0.1) is 0 Å². The second kappa shape index (κ2) is 10.6. The average molecular weight is 446 g/mol. The number of hydrazine groups is 2. The SMILES string of the molecule is CC(C)(C)OC(=O)N1CCCN1.CC(C)(C)OC(=O)N1CCCN1c1cccc(C#N)c1. The van der Waals surface area contributed by atoms with Crippen molar-refractivity contribution < 1.29 is 19.1 Å². The average Bonchev–Trinajstić information content (AvgIpc) is 3.38. The van der Waals surface area contributed by atoms with Gasteiger partial charge >= 0.3 is 12.2 Å². The Balaban J connectivity index is 0.000000258. The highest BCUT2D eigenvalue weighted by atomic mass is 16.6. The lowest BCUT2D eigenvalue weighted by Gasteiger charge is -2.31. The molecule has 0 bridgehead atoms. The molecule has 0 aromatic heterocycles. The highest BCUT2D eigenvalue weighted by Crippen LogP contribution is 2.24. The Morgan fingerprint density at radius 1 is 0.969 bits per heavy atom. The highest BCUT2D eigenvalue weighted by Gasteiger charge is 2.31. The zero-order valence-electron chi connectivity index (χ0n) is 20.0. The van der Waals surface area contributed by atoms with Crippen LogP contribution in [0.25, 0.3) is 0 Å². The number of benzene rings is 1. The van der Waals surface area contributed by atoms with Gasteiger partial charge in [0, 0.05) is 26.2 Å². The molecule has 1 N–H and O–H groups in total. The summed E-state index contributed by atoms with van der Waals surface area (Å²) >= 11 is 0. The fourth-order valence-corrected chi connectivity index (χ4v) is 3.12. The molecule has 0 aliphatic carbocycles. The molecule has 9 nitrogen and oxygen atoms in total. The Kier molecular flexibility index (Phi) is 8.33.